The molecule has 0 spiro atoms. The second kappa shape index (κ2) is 8.37. The number of rotatable bonds is 6. The third kappa shape index (κ3) is 4.25. The molecule has 2 aromatic carbocycles. The van der Waals surface area contributed by atoms with Crippen LogP contribution in [0.25, 0.3) is 0 Å². The molecular weight excluding hydrogens is 324 g/mol. The van der Waals surface area contributed by atoms with E-state index in [1.54, 1.807) is 0 Å². The number of ether oxygens (including phenoxy) is 1. The zero-order valence-corrected chi connectivity index (χ0v) is 15.6. The van der Waals surface area contributed by atoms with E-state index in [0.29, 0.717) is 49.6 Å². The fourth-order valence-electron chi connectivity index (χ4n) is 3.52. The molecule has 2 aromatic rings. The Morgan fingerprint density at radius 1 is 1.15 bits per heavy atom. The first kappa shape index (κ1) is 18.5. The van der Waals surface area contributed by atoms with Crippen molar-refractivity contribution in [1.82, 2.24) is 4.90 Å². The van der Waals surface area contributed by atoms with Gasteiger partial charge in [-0.3, -0.25) is 4.79 Å². The highest BCUT2D eigenvalue weighted by molar-refractivity contribution is 5.94. The Morgan fingerprint density at radius 3 is 2.62 bits per heavy atom. The van der Waals surface area contributed by atoms with E-state index in [9.17, 15) is 4.79 Å². The van der Waals surface area contributed by atoms with Crippen LogP contribution in [0, 0.1) is 11.8 Å². The van der Waals surface area contributed by atoms with Crippen molar-refractivity contribution in [3.05, 3.63) is 65.7 Å². The fourth-order valence-corrected chi connectivity index (χ4v) is 3.52. The molecule has 1 amide bonds. The number of carbonyl (C=O) groups excluding carboxylic acids is 1. The summed E-state index contributed by atoms with van der Waals surface area (Å²) < 4.78 is 5.76. The summed E-state index contributed by atoms with van der Waals surface area (Å²) in [7, 11) is 0. The Kier molecular flexibility index (Phi) is 5.94. The zero-order valence-electron chi connectivity index (χ0n) is 15.6. The van der Waals surface area contributed by atoms with Crippen LogP contribution in [0.2, 0.25) is 0 Å². The highest BCUT2D eigenvalue weighted by Crippen LogP contribution is 2.33. The third-order valence-electron chi connectivity index (χ3n) is 4.92. The molecule has 0 bridgehead atoms. The Labute approximate surface area is 156 Å². The second-order valence-electron chi connectivity index (χ2n) is 7.46. The lowest BCUT2D eigenvalue weighted by atomic mass is 9.89. The molecule has 1 aliphatic rings. The Morgan fingerprint density at radius 2 is 1.92 bits per heavy atom. The fraction of sp³-hybridized carbons (Fsp3) is 0.409. The van der Waals surface area contributed by atoms with Crippen LogP contribution < -0.4 is 10.5 Å². The van der Waals surface area contributed by atoms with E-state index in [2.05, 4.69) is 26.0 Å². The number of amides is 1. The van der Waals surface area contributed by atoms with Crippen LogP contribution in [0.4, 0.5) is 0 Å². The van der Waals surface area contributed by atoms with Crippen LogP contribution in [0.3, 0.4) is 0 Å². The molecule has 1 fully saturated rings. The minimum atomic E-state index is 0.0527. The van der Waals surface area contributed by atoms with Crippen LogP contribution in [-0.2, 0) is 0 Å². The molecule has 2 N–H and O–H groups in total. The summed E-state index contributed by atoms with van der Waals surface area (Å²) in [4.78, 5) is 14.9. The van der Waals surface area contributed by atoms with Gasteiger partial charge in [-0.1, -0.05) is 50.2 Å². The van der Waals surface area contributed by atoms with Gasteiger partial charge >= 0.3 is 0 Å². The molecule has 1 heterocycles. The number of hydrogen-bond acceptors (Lipinski definition) is 3. The summed E-state index contributed by atoms with van der Waals surface area (Å²) >= 11 is 0. The predicted octanol–water partition coefficient (Wildman–Crippen LogP) is 3.54. The highest BCUT2D eigenvalue weighted by Gasteiger charge is 2.35. The molecule has 1 aliphatic heterocycles. The number of benzene rings is 2. The van der Waals surface area contributed by atoms with Crippen molar-refractivity contribution >= 4 is 5.91 Å². The number of nitrogens with two attached hydrogens (primary N) is 1. The van der Waals surface area contributed by atoms with E-state index < -0.39 is 0 Å². The summed E-state index contributed by atoms with van der Waals surface area (Å²) in [6.45, 7) is 6.85. The van der Waals surface area contributed by atoms with Crippen LogP contribution >= 0.6 is 0 Å². The maximum atomic E-state index is 13.0. The number of likely N-dealkylation sites (tertiary alicyclic amines) is 1. The van der Waals surface area contributed by atoms with Gasteiger partial charge in [0, 0.05) is 24.6 Å². The maximum absolute atomic E-state index is 13.0. The molecular formula is C22H28N2O2. The summed E-state index contributed by atoms with van der Waals surface area (Å²) in [6, 6.07) is 17.8. The molecule has 0 saturated carbocycles. The van der Waals surface area contributed by atoms with Gasteiger partial charge in [0.25, 0.3) is 5.91 Å². The van der Waals surface area contributed by atoms with E-state index in [1.807, 2.05) is 47.4 Å². The van der Waals surface area contributed by atoms with E-state index >= 15 is 0 Å². The second-order valence-corrected chi connectivity index (χ2v) is 7.46. The molecule has 138 valence electrons. The SMILES string of the molecule is CC(C)COc1cccc(C(=O)N2C[C@@H](CN)[C@H](c3ccccc3)C2)c1. The smallest absolute Gasteiger partial charge is 0.254 e. The zero-order chi connectivity index (χ0) is 18.5. The molecule has 1 saturated heterocycles. The number of carbonyl (C=O) groups is 1. The minimum absolute atomic E-state index is 0.0527. The standard InChI is InChI=1S/C22H28N2O2/c1-16(2)15-26-20-10-6-9-18(11-20)22(25)24-13-19(12-23)21(14-24)17-7-4-3-5-8-17/h3-11,16,19,21H,12-15,23H2,1-2H3/t19-,21+/m1/s1. The van der Waals surface area contributed by atoms with Crippen molar-refractivity contribution in [1.29, 1.82) is 0 Å². The Hall–Kier alpha value is -2.33. The Bertz CT molecular complexity index is 730. The lowest BCUT2D eigenvalue weighted by molar-refractivity contribution is 0.0786. The van der Waals surface area contributed by atoms with Gasteiger partial charge in [0.1, 0.15) is 5.75 Å². The van der Waals surface area contributed by atoms with Gasteiger partial charge in [-0.15, -0.1) is 0 Å². The maximum Gasteiger partial charge on any atom is 0.254 e. The quantitative estimate of drug-likeness (QED) is 0.865. The predicted molar refractivity (Wildman–Crippen MR) is 104 cm³/mol. The lowest BCUT2D eigenvalue weighted by Gasteiger charge is -2.17. The molecule has 4 heteroatoms. The van der Waals surface area contributed by atoms with E-state index in [4.69, 9.17) is 10.5 Å². The van der Waals surface area contributed by atoms with Gasteiger partial charge in [0.15, 0.2) is 0 Å². The average Bonchev–Trinajstić information content (AvgIpc) is 3.11. The van der Waals surface area contributed by atoms with Gasteiger partial charge in [-0.25, -0.2) is 0 Å². The van der Waals surface area contributed by atoms with Crippen molar-refractivity contribution in [3.8, 4) is 5.75 Å². The first-order valence-electron chi connectivity index (χ1n) is 9.35. The van der Waals surface area contributed by atoms with Gasteiger partial charge in [-0.05, 0) is 42.1 Å². The third-order valence-corrected chi connectivity index (χ3v) is 4.92. The molecule has 3 rings (SSSR count). The number of nitrogens with zero attached hydrogens (tertiary/aromatic N) is 1. The topological polar surface area (TPSA) is 55.6 Å². The van der Waals surface area contributed by atoms with Gasteiger partial charge in [-0.2, -0.15) is 0 Å². The van der Waals surface area contributed by atoms with Crippen molar-refractivity contribution in [2.24, 2.45) is 17.6 Å². The van der Waals surface area contributed by atoms with Crippen molar-refractivity contribution < 1.29 is 9.53 Å². The van der Waals surface area contributed by atoms with E-state index in [-0.39, 0.29) is 5.91 Å². The average molecular weight is 352 g/mol. The molecule has 0 radical (unpaired) electrons. The Balaban J connectivity index is 1.73. The van der Waals surface area contributed by atoms with Crippen molar-refractivity contribution in [3.63, 3.8) is 0 Å². The molecule has 0 aromatic heterocycles. The normalized spacial score (nSPS) is 19.8. The molecule has 0 aliphatic carbocycles. The first-order chi connectivity index (χ1) is 12.6. The minimum Gasteiger partial charge on any atom is -0.493 e. The van der Waals surface area contributed by atoms with Crippen LogP contribution in [0.15, 0.2) is 54.6 Å². The summed E-state index contributed by atoms with van der Waals surface area (Å²) in [5, 5.41) is 0. The van der Waals surface area contributed by atoms with E-state index in [0.717, 1.165) is 5.75 Å². The van der Waals surface area contributed by atoms with Crippen molar-refractivity contribution in [2.45, 2.75) is 19.8 Å². The van der Waals surface area contributed by atoms with Crippen LogP contribution in [-0.4, -0.2) is 37.0 Å². The highest BCUT2D eigenvalue weighted by atomic mass is 16.5. The van der Waals surface area contributed by atoms with Crippen LogP contribution in [0.1, 0.15) is 35.7 Å². The number of hydrogen-bond donors (Lipinski definition) is 1. The summed E-state index contributed by atoms with van der Waals surface area (Å²) in [5.74, 6) is 1.84. The largest absolute Gasteiger partial charge is 0.493 e. The molecule has 26 heavy (non-hydrogen) atoms. The lowest BCUT2D eigenvalue weighted by Crippen LogP contribution is -2.29. The van der Waals surface area contributed by atoms with Gasteiger partial charge < -0.3 is 15.4 Å². The summed E-state index contributed by atoms with van der Waals surface area (Å²) in [6.07, 6.45) is 0. The van der Waals surface area contributed by atoms with E-state index in [1.165, 1.54) is 5.56 Å². The monoisotopic (exact) mass is 352 g/mol. The molecule has 2 atom stereocenters. The van der Waals surface area contributed by atoms with Gasteiger partial charge in [0.05, 0.1) is 6.61 Å². The van der Waals surface area contributed by atoms with Crippen LogP contribution in [0.5, 0.6) is 5.75 Å². The molecule has 4 nitrogen and oxygen atoms in total. The molecule has 0 unspecified atom stereocenters. The first-order valence-corrected chi connectivity index (χ1v) is 9.35. The van der Waals surface area contributed by atoms with Crippen molar-refractivity contribution in [2.75, 3.05) is 26.2 Å². The van der Waals surface area contributed by atoms with Gasteiger partial charge in [0.2, 0.25) is 0 Å². The summed E-state index contributed by atoms with van der Waals surface area (Å²) in [5.41, 5.74) is 7.93.